The van der Waals surface area contributed by atoms with Gasteiger partial charge in [-0.15, -0.1) is 0 Å². The van der Waals surface area contributed by atoms with Gasteiger partial charge < -0.3 is 9.13 Å². The van der Waals surface area contributed by atoms with Crippen molar-refractivity contribution in [3.05, 3.63) is 36.9 Å². The summed E-state index contributed by atoms with van der Waals surface area (Å²) in [5.74, 6) is 0. The van der Waals surface area contributed by atoms with Gasteiger partial charge >= 0.3 is 0 Å². The Labute approximate surface area is 87.4 Å². The summed E-state index contributed by atoms with van der Waals surface area (Å²) in [6.07, 6.45) is 10.7. The summed E-state index contributed by atoms with van der Waals surface area (Å²) in [6, 6.07) is 0. The molecule has 0 fully saturated rings. The van der Waals surface area contributed by atoms with Gasteiger partial charge in [-0.1, -0.05) is 0 Å². The van der Waals surface area contributed by atoms with Crippen LogP contribution in [0.25, 0.3) is 0 Å². The maximum absolute atomic E-state index is 10.4. The lowest BCUT2D eigenvalue weighted by atomic mass is 10.4. The van der Waals surface area contributed by atoms with E-state index in [1.54, 1.807) is 25.0 Å². The van der Waals surface area contributed by atoms with Gasteiger partial charge in [0.1, 0.15) is 5.69 Å². The first-order valence-electron chi connectivity index (χ1n) is 4.81. The SMILES string of the molecule is O=Cc1cn(CCCn2ccnc2)cn1. The van der Waals surface area contributed by atoms with Crippen LogP contribution < -0.4 is 0 Å². The fourth-order valence-electron chi connectivity index (χ4n) is 1.42. The van der Waals surface area contributed by atoms with Gasteiger partial charge in [0.2, 0.25) is 0 Å². The molecule has 0 saturated heterocycles. The van der Waals surface area contributed by atoms with Gasteiger partial charge in [0.15, 0.2) is 6.29 Å². The van der Waals surface area contributed by atoms with E-state index in [1.165, 1.54) is 0 Å². The summed E-state index contributed by atoms with van der Waals surface area (Å²) in [7, 11) is 0. The summed E-state index contributed by atoms with van der Waals surface area (Å²) < 4.78 is 3.94. The van der Waals surface area contributed by atoms with E-state index < -0.39 is 0 Å². The van der Waals surface area contributed by atoms with E-state index in [0.717, 1.165) is 25.8 Å². The van der Waals surface area contributed by atoms with E-state index in [0.29, 0.717) is 5.69 Å². The van der Waals surface area contributed by atoms with Gasteiger partial charge in [-0.3, -0.25) is 4.79 Å². The van der Waals surface area contributed by atoms with E-state index in [-0.39, 0.29) is 0 Å². The Hall–Kier alpha value is -1.91. The molecule has 2 rings (SSSR count). The number of nitrogens with zero attached hydrogens (tertiary/aromatic N) is 4. The number of carbonyl (C=O) groups is 1. The lowest BCUT2D eigenvalue weighted by Gasteiger charge is -2.02. The number of aromatic nitrogens is 4. The maximum atomic E-state index is 10.4. The number of aldehydes is 1. The monoisotopic (exact) mass is 204 g/mol. The Morgan fingerprint density at radius 1 is 1.27 bits per heavy atom. The molecule has 0 aliphatic rings. The van der Waals surface area contributed by atoms with E-state index in [1.807, 2.05) is 15.3 Å². The van der Waals surface area contributed by atoms with Gasteiger partial charge in [0, 0.05) is 31.7 Å². The smallest absolute Gasteiger partial charge is 0.169 e. The largest absolute Gasteiger partial charge is 0.337 e. The van der Waals surface area contributed by atoms with E-state index >= 15 is 0 Å². The van der Waals surface area contributed by atoms with Crippen molar-refractivity contribution in [1.82, 2.24) is 19.1 Å². The minimum atomic E-state index is 0.484. The third kappa shape index (κ3) is 2.52. The average Bonchev–Trinajstić information content (AvgIpc) is 2.88. The van der Waals surface area contributed by atoms with Crippen molar-refractivity contribution in [1.29, 1.82) is 0 Å². The second-order valence-corrected chi connectivity index (χ2v) is 3.31. The first kappa shape index (κ1) is 9.64. The summed E-state index contributed by atoms with van der Waals surface area (Å²) in [5, 5.41) is 0. The molecule has 0 amide bonds. The molecule has 2 aromatic rings. The molecule has 0 unspecified atom stereocenters. The summed E-state index contributed by atoms with van der Waals surface area (Å²) in [6.45, 7) is 1.79. The van der Waals surface area contributed by atoms with Crippen LogP contribution in [-0.2, 0) is 13.1 Å². The second-order valence-electron chi connectivity index (χ2n) is 3.31. The molecule has 2 aromatic heterocycles. The number of aryl methyl sites for hydroxylation is 2. The van der Waals surface area contributed by atoms with Crippen molar-refractivity contribution < 1.29 is 4.79 Å². The van der Waals surface area contributed by atoms with E-state index in [2.05, 4.69) is 9.97 Å². The van der Waals surface area contributed by atoms with Crippen molar-refractivity contribution in [3.63, 3.8) is 0 Å². The molecule has 0 aromatic carbocycles. The van der Waals surface area contributed by atoms with Gasteiger partial charge in [0.25, 0.3) is 0 Å². The van der Waals surface area contributed by atoms with Gasteiger partial charge in [-0.05, 0) is 6.42 Å². The minimum Gasteiger partial charge on any atom is -0.337 e. The average molecular weight is 204 g/mol. The fraction of sp³-hybridized carbons (Fsp3) is 0.300. The van der Waals surface area contributed by atoms with Crippen LogP contribution in [0.3, 0.4) is 0 Å². The molecule has 0 spiro atoms. The number of imidazole rings is 2. The predicted octanol–water partition coefficient (Wildman–Crippen LogP) is 0.982. The lowest BCUT2D eigenvalue weighted by molar-refractivity contribution is 0.111. The zero-order chi connectivity index (χ0) is 10.5. The molecule has 0 bridgehead atoms. The molecule has 0 atom stereocenters. The number of carbonyl (C=O) groups excluding carboxylic acids is 1. The second kappa shape index (κ2) is 4.54. The fourth-order valence-corrected chi connectivity index (χ4v) is 1.42. The predicted molar refractivity (Wildman–Crippen MR) is 54.5 cm³/mol. The van der Waals surface area contributed by atoms with Crippen LogP contribution in [0.5, 0.6) is 0 Å². The number of hydrogen-bond donors (Lipinski definition) is 0. The first-order valence-corrected chi connectivity index (χ1v) is 4.81. The van der Waals surface area contributed by atoms with Crippen LogP contribution in [0.2, 0.25) is 0 Å². The van der Waals surface area contributed by atoms with Crippen LogP contribution in [-0.4, -0.2) is 25.4 Å². The standard InChI is InChI=1S/C10H12N4O/c15-7-10-6-14(9-12-10)4-1-3-13-5-2-11-8-13/h2,5-9H,1,3-4H2. The zero-order valence-corrected chi connectivity index (χ0v) is 8.28. The minimum absolute atomic E-state index is 0.484. The van der Waals surface area contributed by atoms with Crippen LogP contribution >= 0.6 is 0 Å². The number of rotatable bonds is 5. The molecule has 0 aliphatic carbocycles. The Balaban J connectivity index is 1.80. The Morgan fingerprint density at radius 2 is 2.13 bits per heavy atom. The Bertz CT molecular complexity index is 418. The third-order valence-corrected chi connectivity index (χ3v) is 2.17. The Morgan fingerprint density at radius 3 is 2.80 bits per heavy atom. The van der Waals surface area contributed by atoms with Crippen molar-refractivity contribution in [2.24, 2.45) is 0 Å². The van der Waals surface area contributed by atoms with Crippen LogP contribution in [0.1, 0.15) is 16.9 Å². The molecule has 5 nitrogen and oxygen atoms in total. The highest BCUT2D eigenvalue weighted by atomic mass is 16.1. The molecular weight excluding hydrogens is 192 g/mol. The van der Waals surface area contributed by atoms with Crippen LogP contribution in [0, 0.1) is 0 Å². The Kier molecular flexibility index (Phi) is 2.92. The summed E-state index contributed by atoms with van der Waals surface area (Å²) >= 11 is 0. The van der Waals surface area contributed by atoms with Crippen molar-refractivity contribution in [2.45, 2.75) is 19.5 Å². The molecule has 5 heteroatoms. The van der Waals surface area contributed by atoms with Gasteiger partial charge in [-0.2, -0.15) is 0 Å². The molecule has 0 radical (unpaired) electrons. The number of hydrogen-bond acceptors (Lipinski definition) is 3. The molecule has 15 heavy (non-hydrogen) atoms. The van der Waals surface area contributed by atoms with Crippen LogP contribution in [0.15, 0.2) is 31.2 Å². The maximum Gasteiger partial charge on any atom is 0.169 e. The van der Waals surface area contributed by atoms with Crippen LogP contribution in [0.4, 0.5) is 0 Å². The lowest BCUT2D eigenvalue weighted by Crippen LogP contribution is -2.00. The van der Waals surface area contributed by atoms with Crippen molar-refractivity contribution in [3.8, 4) is 0 Å². The highest BCUT2D eigenvalue weighted by Gasteiger charge is 1.96. The van der Waals surface area contributed by atoms with E-state index in [9.17, 15) is 4.79 Å². The summed E-state index contributed by atoms with van der Waals surface area (Å²) in [5.41, 5.74) is 0.484. The molecular formula is C10H12N4O. The van der Waals surface area contributed by atoms with Crippen molar-refractivity contribution in [2.75, 3.05) is 0 Å². The quantitative estimate of drug-likeness (QED) is 0.682. The van der Waals surface area contributed by atoms with E-state index in [4.69, 9.17) is 0 Å². The topological polar surface area (TPSA) is 52.7 Å². The molecule has 78 valence electrons. The van der Waals surface area contributed by atoms with Gasteiger partial charge in [-0.25, -0.2) is 9.97 Å². The molecule has 0 saturated carbocycles. The summed E-state index contributed by atoms with van der Waals surface area (Å²) in [4.78, 5) is 18.3. The molecule has 0 N–H and O–H groups in total. The van der Waals surface area contributed by atoms with Gasteiger partial charge in [0.05, 0.1) is 12.7 Å². The molecule has 2 heterocycles. The third-order valence-electron chi connectivity index (χ3n) is 2.17. The zero-order valence-electron chi connectivity index (χ0n) is 8.28. The highest BCUT2D eigenvalue weighted by molar-refractivity contribution is 5.70. The normalized spacial score (nSPS) is 10.4. The molecule has 0 aliphatic heterocycles. The first-order chi connectivity index (χ1) is 7.38. The highest BCUT2D eigenvalue weighted by Crippen LogP contribution is 1.97. The van der Waals surface area contributed by atoms with Crippen molar-refractivity contribution >= 4 is 6.29 Å².